The maximum atomic E-state index is 13.5. The van der Waals surface area contributed by atoms with Gasteiger partial charge >= 0.3 is 0 Å². The molecule has 2 aliphatic heterocycles. The third kappa shape index (κ3) is 2.58. The molecule has 146 valence electrons. The Morgan fingerprint density at radius 1 is 1.18 bits per heavy atom. The summed E-state index contributed by atoms with van der Waals surface area (Å²) in [6, 6.07) is 9.83. The average molecular weight is 381 g/mol. The first-order chi connectivity index (χ1) is 13.7. The summed E-state index contributed by atoms with van der Waals surface area (Å²) in [4.78, 5) is 15.4. The summed E-state index contributed by atoms with van der Waals surface area (Å²) >= 11 is 0. The molecule has 2 heterocycles. The topological polar surface area (TPSA) is 68.2 Å². The molecule has 2 atom stereocenters. The molecule has 2 aromatic carbocycles. The predicted molar refractivity (Wildman–Crippen MR) is 102 cm³/mol. The Morgan fingerprint density at radius 2 is 1.96 bits per heavy atom. The summed E-state index contributed by atoms with van der Waals surface area (Å²) < 4.78 is 16.1. The van der Waals surface area contributed by atoms with Crippen LogP contribution in [0.1, 0.15) is 53.1 Å². The molecule has 1 fully saturated rings. The van der Waals surface area contributed by atoms with Gasteiger partial charge in [0.15, 0.2) is 11.5 Å². The quantitative estimate of drug-likeness (QED) is 0.876. The number of carbonyl (C=O) groups excluding carboxylic acids is 1. The van der Waals surface area contributed by atoms with Crippen molar-refractivity contribution in [1.82, 2.24) is 4.90 Å². The summed E-state index contributed by atoms with van der Waals surface area (Å²) in [5, 5.41) is 10.8. The number of hydrogen-bond donors (Lipinski definition) is 1. The number of benzene rings is 2. The first-order valence-electron chi connectivity index (χ1n) is 9.76. The van der Waals surface area contributed by atoms with E-state index in [1.54, 1.807) is 7.11 Å². The van der Waals surface area contributed by atoms with Crippen LogP contribution in [0.15, 0.2) is 30.3 Å². The molecule has 3 aliphatic rings. The summed E-state index contributed by atoms with van der Waals surface area (Å²) in [6.07, 6.45) is 4.21. The number of methoxy groups -OCH3 is 1. The van der Waals surface area contributed by atoms with Gasteiger partial charge in [-0.1, -0.05) is 25.0 Å². The lowest BCUT2D eigenvalue weighted by Gasteiger charge is -2.45. The third-order valence-electron chi connectivity index (χ3n) is 6.18. The van der Waals surface area contributed by atoms with Crippen LogP contribution in [0.2, 0.25) is 0 Å². The Balaban J connectivity index is 1.56. The molecule has 0 spiro atoms. The highest BCUT2D eigenvalue weighted by Gasteiger charge is 2.44. The number of carbonyl (C=O) groups is 1. The van der Waals surface area contributed by atoms with Gasteiger partial charge in [-0.2, -0.15) is 0 Å². The zero-order valence-corrected chi connectivity index (χ0v) is 15.8. The molecule has 1 N–H and O–H groups in total. The minimum absolute atomic E-state index is 0.0731. The van der Waals surface area contributed by atoms with Gasteiger partial charge < -0.3 is 24.2 Å². The van der Waals surface area contributed by atoms with Gasteiger partial charge in [-0.05, 0) is 42.2 Å². The van der Waals surface area contributed by atoms with Crippen molar-refractivity contribution in [2.75, 3.05) is 13.9 Å². The van der Waals surface area contributed by atoms with E-state index in [-0.39, 0.29) is 36.2 Å². The zero-order valence-electron chi connectivity index (χ0n) is 15.8. The molecule has 0 saturated heterocycles. The van der Waals surface area contributed by atoms with Crippen LogP contribution in [0.25, 0.3) is 0 Å². The fraction of sp³-hybridized carbons (Fsp3) is 0.409. The van der Waals surface area contributed by atoms with Crippen LogP contribution >= 0.6 is 0 Å². The summed E-state index contributed by atoms with van der Waals surface area (Å²) in [6.45, 7) is 0.584. The highest BCUT2D eigenvalue weighted by molar-refractivity contribution is 6.01. The number of fused-ring (bicyclic) bond motifs is 4. The van der Waals surface area contributed by atoms with Crippen LogP contribution in [0.4, 0.5) is 0 Å². The molecule has 28 heavy (non-hydrogen) atoms. The lowest BCUT2D eigenvalue weighted by atomic mass is 9.74. The second kappa shape index (κ2) is 6.62. The van der Waals surface area contributed by atoms with Crippen LogP contribution in [-0.2, 0) is 6.54 Å². The second-order valence-electron chi connectivity index (χ2n) is 7.66. The average Bonchev–Trinajstić information content (AvgIpc) is 3.20. The number of phenolic OH excluding ortho intramolecular Hbond substituents is 1. The molecule has 6 nitrogen and oxygen atoms in total. The van der Waals surface area contributed by atoms with Gasteiger partial charge in [-0.3, -0.25) is 4.79 Å². The molecule has 6 heteroatoms. The Kier molecular flexibility index (Phi) is 4.07. The van der Waals surface area contributed by atoms with Crippen LogP contribution in [0.3, 0.4) is 0 Å². The van der Waals surface area contributed by atoms with Crippen molar-refractivity contribution in [2.24, 2.45) is 0 Å². The minimum atomic E-state index is -0.134. The number of hydrogen-bond acceptors (Lipinski definition) is 5. The van der Waals surface area contributed by atoms with Crippen LogP contribution in [-0.4, -0.2) is 35.9 Å². The molecule has 1 amide bonds. The smallest absolute Gasteiger partial charge is 0.258 e. The van der Waals surface area contributed by atoms with E-state index in [9.17, 15) is 9.90 Å². The van der Waals surface area contributed by atoms with Gasteiger partial charge in [0.1, 0.15) is 5.75 Å². The first kappa shape index (κ1) is 17.2. The number of nitrogens with zero attached hydrogens (tertiary/aromatic N) is 1. The summed E-state index contributed by atoms with van der Waals surface area (Å²) in [5.41, 5.74) is 2.32. The van der Waals surface area contributed by atoms with Crippen LogP contribution in [0, 0.1) is 0 Å². The number of phenols is 1. The fourth-order valence-electron chi connectivity index (χ4n) is 4.82. The lowest BCUT2D eigenvalue weighted by molar-refractivity contribution is 0.0529. The Morgan fingerprint density at radius 3 is 2.75 bits per heavy atom. The maximum absolute atomic E-state index is 13.5. The van der Waals surface area contributed by atoms with Gasteiger partial charge in [-0.25, -0.2) is 0 Å². The molecule has 5 rings (SSSR count). The van der Waals surface area contributed by atoms with E-state index in [0.29, 0.717) is 17.9 Å². The highest BCUT2D eigenvalue weighted by Crippen LogP contribution is 2.51. The van der Waals surface area contributed by atoms with E-state index in [1.807, 2.05) is 35.2 Å². The van der Waals surface area contributed by atoms with E-state index in [1.165, 1.54) is 0 Å². The normalized spacial score (nSPS) is 22.6. The maximum Gasteiger partial charge on any atom is 0.258 e. The number of rotatable bonds is 3. The molecule has 1 saturated carbocycles. The molecule has 0 bridgehead atoms. The van der Waals surface area contributed by atoms with E-state index in [4.69, 9.17) is 14.2 Å². The van der Waals surface area contributed by atoms with Gasteiger partial charge in [0.05, 0.1) is 12.7 Å². The van der Waals surface area contributed by atoms with Crippen LogP contribution in [0.5, 0.6) is 23.0 Å². The van der Waals surface area contributed by atoms with Crippen molar-refractivity contribution in [3.8, 4) is 23.0 Å². The Labute approximate surface area is 163 Å². The lowest BCUT2D eigenvalue weighted by Crippen LogP contribution is -2.48. The SMILES string of the molecule is COc1ccc(CN2C(=O)c3c(cc4c(c3O)OCO4)[C@H]3CCCC[C@@H]32)cc1. The minimum Gasteiger partial charge on any atom is -0.504 e. The van der Waals surface area contributed by atoms with Crippen molar-refractivity contribution < 1.29 is 24.1 Å². The Bertz CT molecular complexity index is 924. The van der Waals surface area contributed by atoms with Crippen molar-refractivity contribution in [3.05, 3.63) is 47.0 Å². The van der Waals surface area contributed by atoms with Crippen molar-refractivity contribution in [3.63, 3.8) is 0 Å². The number of ether oxygens (including phenoxy) is 3. The van der Waals surface area contributed by atoms with E-state index >= 15 is 0 Å². The Hall–Kier alpha value is -2.89. The highest BCUT2D eigenvalue weighted by atomic mass is 16.7. The first-order valence-corrected chi connectivity index (χ1v) is 9.76. The third-order valence-corrected chi connectivity index (χ3v) is 6.18. The second-order valence-corrected chi connectivity index (χ2v) is 7.66. The molecule has 0 radical (unpaired) electrons. The van der Waals surface area contributed by atoms with Crippen molar-refractivity contribution in [2.45, 2.75) is 44.2 Å². The molecule has 0 unspecified atom stereocenters. The summed E-state index contributed by atoms with van der Waals surface area (Å²) in [5.74, 6) is 1.60. The monoisotopic (exact) mass is 381 g/mol. The molecule has 0 aromatic heterocycles. The van der Waals surface area contributed by atoms with Gasteiger partial charge in [0, 0.05) is 18.5 Å². The molecule has 2 aromatic rings. The van der Waals surface area contributed by atoms with Crippen molar-refractivity contribution >= 4 is 5.91 Å². The zero-order chi connectivity index (χ0) is 19.3. The van der Waals surface area contributed by atoms with Gasteiger partial charge in [0.25, 0.3) is 5.91 Å². The fourth-order valence-corrected chi connectivity index (χ4v) is 4.82. The van der Waals surface area contributed by atoms with E-state index in [0.717, 1.165) is 42.6 Å². The van der Waals surface area contributed by atoms with Gasteiger partial charge in [0.2, 0.25) is 12.5 Å². The molecule has 1 aliphatic carbocycles. The number of aromatic hydroxyl groups is 1. The van der Waals surface area contributed by atoms with Gasteiger partial charge in [-0.15, -0.1) is 0 Å². The van der Waals surface area contributed by atoms with E-state index < -0.39 is 0 Å². The molecular formula is C22H23NO5. The molecular weight excluding hydrogens is 358 g/mol. The standard InChI is InChI=1S/C22H23NO5/c1-26-14-8-6-13(7-9-14)11-23-17-5-3-2-4-15(17)16-10-18-21(28-12-27-18)20(24)19(16)22(23)25/h6-10,15,17,24H,2-5,11-12H2,1H3/t15-,17+/m1/s1. The number of amides is 1. The summed E-state index contributed by atoms with van der Waals surface area (Å²) in [7, 11) is 1.64. The predicted octanol–water partition coefficient (Wildman–Crippen LogP) is 3.81. The largest absolute Gasteiger partial charge is 0.504 e. The van der Waals surface area contributed by atoms with Crippen LogP contribution < -0.4 is 14.2 Å². The van der Waals surface area contributed by atoms with Crippen molar-refractivity contribution in [1.29, 1.82) is 0 Å². The van der Waals surface area contributed by atoms with E-state index in [2.05, 4.69) is 0 Å².